The van der Waals surface area contributed by atoms with Crippen LogP contribution in [0.1, 0.15) is 5.56 Å². The zero-order valence-corrected chi connectivity index (χ0v) is 19.2. The second-order valence-electron chi connectivity index (χ2n) is 7.07. The van der Waals surface area contributed by atoms with Gasteiger partial charge in [0.05, 0.1) is 26.9 Å². The van der Waals surface area contributed by atoms with Crippen LogP contribution in [-0.4, -0.2) is 26.4 Å². The normalized spacial score (nSPS) is 10.4. The number of benzene rings is 3. The molecule has 8 heteroatoms. The third-order valence-corrected chi connectivity index (χ3v) is 5.24. The van der Waals surface area contributed by atoms with Gasteiger partial charge in [0.25, 0.3) is 0 Å². The Hall–Kier alpha value is -3.84. The SMILES string of the molecule is COc1ccc(-c2cc(=O)oc3c(CNc4ccc(OC)c(OC)c4)c(O)ccc23)cc1.Cl. The van der Waals surface area contributed by atoms with E-state index in [4.69, 9.17) is 18.6 Å². The third kappa shape index (κ3) is 4.83. The van der Waals surface area contributed by atoms with Crippen LogP contribution in [0.2, 0.25) is 0 Å². The molecule has 0 aliphatic carbocycles. The lowest BCUT2D eigenvalue weighted by molar-refractivity contribution is 0.355. The molecule has 0 aliphatic rings. The Balaban J connectivity index is 0.00000306. The fourth-order valence-electron chi connectivity index (χ4n) is 3.59. The Kier molecular flexibility index (Phi) is 7.35. The lowest BCUT2D eigenvalue weighted by Crippen LogP contribution is -2.05. The highest BCUT2D eigenvalue weighted by atomic mass is 35.5. The molecule has 0 saturated heterocycles. The van der Waals surface area contributed by atoms with E-state index >= 15 is 0 Å². The van der Waals surface area contributed by atoms with Gasteiger partial charge in [0.15, 0.2) is 11.5 Å². The monoisotopic (exact) mass is 469 g/mol. The molecule has 3 aromatic carbocycles. The van der Waals surface area contributed by atoms with Gasteiger partial charge >= 0.3 is 5.63 Å². The maximum absolute atomic E-state index is 12.4. The number of nitrogens with one attached hydrogen (secondary N) is 1. The van der Waals surface area contributed by atoms with E-state index in [0.717, 1.165) is 22.4 Å². The number of aromatic hydroxyl groups is 1. The number of hydrogen-bond donors (Lipinski definition) is 2. The van der Waals surface area contributed by atoms with Gasteiger partial charge in [-0.15, -0.1) is 12.4 Å². The van der Waals surface area contributed by atoms with E-state index in [1.165, 1.54) is 6.07 Å². The summed E-state index contributed by atoms with van der Waals surface area (Å²) >= 11 is 0. The molecule has 33 heavy (non-hydrogen) atoms. The first kappa shape index (κ1) is 23.8. The van der Waals surface area contributed by atoms with E-state index in [1.807, 2.05) is 30.3 Å². The molecular formula is C25H24ClNO6. The number of phenolic OH excluding ortho intramolecular Hbond substituents is 1. The van der Waals surface area contributed by atoms with Gasteiger partial charge in [-0.3, -0.25) is 0 Å². The average molecular weight is 470 g/mol. The molecule has 0 amide bonds. The first-order chi connectivity index (χ1) is 15.5. The minimum Gasteiger partial charge on any atom is -0.507 e. The molecule has 0 saturated carbocycles. The Morgan fingerprint density at radius 2 is 1.61 bits per heavy atom. The predicted octanol–water partition coefficient (Wildman–Crippen LogP) is 5.23. The summed E-state index contributed by atoms with van der Waals surface area (Å²) in [6.07, 6.45) is 0. The van der Waals surface area contributed by atoms with Crippen LogP contribution in [0.4, 0.5) is 5.69 Å². The van der Waals surface area contributed by atoms with Crippen molar-refractivity contribution in [3.05, 3.63) is 76.6 Å². The number of fused-ring (bicyclic) bond motifs is 1. The van der Waals surface area contributed by atoms with Crippen molar-refractivity contribution in [3.8, 4) is 34.1 Å². The largest absolute Gasteiger partial charge is 0.507 e. The lowest BCUT2D eigenvalue weighted by atomic mass is 9.99. The van der Waals surface area contributed by atoms with Gasteiger partial charge in [-0.1, -0.05) is 12.1 Å². The Labute approximate surface area is 196 Å². The van der Waals surface area contributed by atoms with Crippen molar-refractivity contribution in [2.75, 3.05) is 26.6 Å². The molecule has 0 atom stereocenters. The van der Waals surface area contributed by atoms with Gasteiger partial charge in [-0.2, -0.15) is 0 Å². The van der Waals surface area contributed by atoms with Crippen molar-refractivity contribution in [2.24, 2.45) is 0 Å². The van der Waals surface area contributed by atoms with Crippen LogP contribution < -0.4 is 25.2 Å². The van der Waals surface area contributed by atoms with E-state index in [1.54, 1.807) is 45.6 Å². The summed E-state index contributed by atoms with van der Waals surface area (Å²) in [5.41, 5.74) is 2.62. The summed E-state index contributed by atoms with van der Waals surface area (Å²) in [5.74, 6) is 1.94. The maximum atomic E-state index is 12.4. The average Bonchev–Trinajstić information content (AvgIpc) is 2.82. The van der Waals surface area contributed by atoms with Crippen molar-refractivity contribution in [2.45, 2.75) is 6.54 Å². The number of rotatable bonds is 7. The summed E-state index contributed by atoms with van der Waals surface area (Å²) in [6, 6.07) is 17.6. The topological polar surface area (TPSA) is 90.2 Å². The van der Waals surface area contributed by atoms with Crippen LogP contribution in [0, 0.1) is 0 Å². The van der Waals surface area contributed by atoms with Gasteiger partial charge < -0.3 is 29.1 Å². The number of hydrogen-bond acceptors (Lipinski definition) is 7. The third-order valence-electron chi connectivity index (χ3n) is 5.24. The molecule has 0 unspecified atom stereocenters. The van der Waals surface area contributed by atoms with Crippen molar-refractivity contribution in [1.29, 1.82) is 0 Å². The van der Waals surface area contributed by atoms with Crippen LogP contribution in [0.15, 0.2) is 69.9 Å². The second-order valence-corrected chi connectivity index (χ2v) is 7.07. The van der Waals surface area contributed by atoms with Crippen molar-refractivity contribution >= 4 is 29.1 Å². The van der Waals surface area contributed by atoms with Crippen LogP contribution in [0.25, 0.3) is 22.1 Å². The van der Waals surface area contributed by atoms with Crippen LogP contribution >= 0.6 is 12.4 Å². The molecule has 2 N–H and O–H groups in total. The van der Waals surface area contributed by atoms with Gasteiger partial charge in [-0.25, -0.2) is 4.79 Å². The predicted molar refractivity (Wildman–Crippen MR) is 130 cm³/mol. The molecule has 1 heterocycles. The molecule has 1 aromatic heterocycles. The van der Waals surface area contributed by atoms with Crippen LogP contribution in [0.3, 0.4) is 0 Å². The van der Waals surface area contributed by atoms with Gasteiger partial charge in [0.1, 0.15) is 17.1 Å². The van der Waals surface area contributed by atoms with Gasteiger partial charge in [-0.05, 0) is 47.5 Å². The van der Waals surface area contributed by atoms with E-state index in [0.29, 0.717) is 28.2 Å². The number of ether oxygens (including phenoxy) is 3. The maximum Gasteiger partial charge on any atom is 0.336 e. The first-order valence-electron chi connectivity index (χ1n) is 9.93. The highest BCUT2D eigenvalue weighted by Crippen LogP contribution is 2.35. The summed E-state index contributed by atoms with van der Waals surface area (Å²) in [6.45, 7) is 0.230. The number of anilines is 1. The quantitative estimate of drug-likeness (QED) is 0.358. The summed E-state index contributed by atoms with van der Waals surface area (Å²) in [5, 5.41) is 14.5. The van der Waals surface area contributed by atoms with E-state index < -0.39 is 5.63 Å². The number of phenols is 1. The molecule has 0 spiro atoms. The van der Waals surface area contributed by atoms with Crippen LogP contribution in [-0.2, 0) is 6.54 Å². The zero-order valence-electron chi connectivity index (χ0n) is 18.4. The molecule has 7 nitrogen and oxygen atoms in total. The molecule has 0 aliphatic heterocycles. The van der Waals surface area contributed by atoms with E-state index in [2.05, 4.69) is 5.32 Å². The Morgan fingerprint density at radius 1 is 0.879 bits per heavy atom. The second kappa shape index (κ2) is 10.2. The molecule has 0 fully saturated rings. The molecule has 172 valence electrons. The highest BCUT2D eigenvalue weighted by molar-refractivity contribution is 5.95. The Morgan fingerprint density at radius 3 is 2.27 bits per heavy atom. The molecule has 0 radical (unpaired) electrons. The Bertz CT molecular complexity index is 1320. The summed E-state index contributed by atoms with van der Waals surface area (Å²) in [4.78, 5) is 12.4. The minimum absolute atomic E-state index is 0. The fraction of sp³-hybridized carbons (Fsp3) is 0.160. The fourth-order valence-corrected chi connectivity index (χ4v) is 3.59. The highest BCUT2D eigenvalue weighted by Gasteiger charge is 2.15. The van der Waals surface area contributed by atoms with Crippen molar-refractivity contribution < 1.29 is 23.7 Å². The minimum atomic E-state index is -0.499. The standard InChI is InChI=1S/C25H23NO6.ClH/c1-29-17-7-4-15(5-8-17)19-13-24(28)32-25-18(19)9-10-21(27)20(25)14-26-16-6-11-22(30-2)23(12-16)31-3;/h4-13,26-27H,14H2,1-3H3;1H. The van der Waals surface area contributed by atoms with Gasteiger partial charge in [0.2, 0.25) is 0 Å². The summed E-state index contributed by atoms with van der Waals surface area (Å²) < 4.78 is 21.3. The van der Waals surface area contributed by atoms with Crippen LogP contribution in [0.5, 0.6) is 23.0 Å². The number of halogens is 1. The molecule has 4 aromatic rings. The van der Waals surface area contributed by atoms with E-state index in [-0.39, 0.29) is 24.7 Å². The molecule has 0 bridgehead atoms. The van der Waals surface area contributed by atoms with Gasteiger partial charge in [0, 0.05) is 29.8 Å². The van der Waals surface area contributed by atoms with E-state index in [9.17, 15) is 9.90 Å². The van der Waals surface area contributed by atoms with Crippen molar-refractivity contribution in [1.82, 2.24) is 0 Å². The molecule has 4 rings (SSSR count). The zero-order chi connectivity index (χ0) is 22.7. The smallest absolute Gasteiger partial charge is 0.336 e. The number of methoxy groups -OCH3 is 3. The summed E-state index contributed by atoms with van der Waals surface area (Å²) in [7, 11) is 4.73. The molecular weight excluding hydrogens is 446 g/mol. The lowest BCUT2D eigenvalue weighted by Gasteiger charge is -2.14. The first-order valence-corrected chi connectivity index (χ1v) is 9.93. The van der Waals surface area contributed by atoms with Crippen molar-refractivity contribution in [3.63, 3.8) is 0 Å².